The lowest BCUT2D eigenvalue weighted by Crippen LogP contribution is -2.23. The summed E-state index contributed by atoms with van der Waals surface area (Å²) in [6.45, 7) is 8.41. The third kappa shape index (κ3) is 8.44. The van der Waals surface area contributed by atoms with Crippen LogP contribution in [0.4, 0.5) is 5.69 Å². The molecule has 3 nitrogen and oxygen atoms in total. The molecule has 2 aliphatic carbocycles. The van der Waals surface area contributed by atoms with Crippen LogP contribution in [-0.2, 0) is 9.59 Å². The van der Waals surface area contributed by atoms with Crippen molar-refractivity contribution in [2.24, 2.45) is 11.3 Å². The van der Waals surface area contributed by atoms with Crippen molar-refractivity contribution in [3.05, 3.63) is 28.0 Å². The minimum atomic E-state index is -0.000304. The number of nitrogens with one attached hydrogen (secondary N) is 1. The second-order valence-corrected chi connectivity index (χ2v) is 9.72. The molecule has 0 radical (unpaired) electrons. The molecule has 0 saturated heterocycles. The smallest absolute Gasteiger partial charge is 0.227 e. The number of allylic oxidation sites excluding steroid dienone is 2. The van der Waals surface area contributed by atoms with Gasteiger partial charge in [-0.25, -0.2) is 0 Å². The second kappa shape index (κ2) is 10.6. The van der Waals surface area contributed by atoms with Crippen LogP contribution in [-0.4, -0.2) is 11.7 Å². The minimum absolute atomic E-state index is 0.000304. The average molecular weight is 400 g/mol. The summed E-state index contributed by atoms with van der Waals surface area (Å²) in [5.41, 5.74) is 2.27. The number of anilines is 1. The Balaban J connectivity index is 0.000000336. The predicted molar refractivity (Wildman–Crippen MR) is 118 cm³/mol. The highest BCUT2D eigenvalue weighted by molar-refractivity contribution is 7.11. The lowest BCUT2D eigenvalue weighted by molar-refractivity contribution is -0.120. The molecule has 4 heteroatoms. The maximum atomic E-state index is 12.2. The number of Topliss-reactive ketones (excluding diaryl/α,β-unsaturated/α-hetero) is 1. The van der Waals surface area contributed by atoms with Crippen LogP contribution in [0.5, 0.6) is 0 Å². The van der Waals surface area contributed by atoms with Crippen molar-refractivity contribution >= 4 is 28.7 Å². The molecule has 1 amide bonds. The van der Waals surface area contributed by atoms with Crippen molar-refractivity contribution in [2.45, 2.75) is 79.1 Å². The van der Waals surface area contributed by atoms with E-state index in [1.807, 2.05) is 11.4 Å². The van der Waals surface area contributed by atoms with E-state index in [4.69, 9.17) is 0 Å². The van der Waals surface area contributed by atoms with Crippen LogP contribution in [0.3, 0.4) is 0 Å². The van der Waals surface area contributed by atoms with Crippen molar-refractivity contribution in [1.29, 1.82) is 0 Å². The summed E-state index contributed by atoms with van der Waals surface area (Å²) in [7, 11) is 0. The number of carbonyl (C=O) groups excluding carboxylic acids is 2. The molecule has 1 atom stereocenters. The maximum absolute atomic E-state index is 12.2. The van der Waals surface area contributed by atoms with Crippen LogP contribution in [0.15, 0.2) is 23.1 Å². The molecule has 1 aromatic rings. The molecular formula is C24H33NO2S. The van der Waals surface area contributed by atoms with Gasteiger partial charge >= 0.3 is 0 Å². The molecule has 152 valence electrons. The van der Waals surface area contributed by atoms with Crippen LogP contribution in [0.2, 0.25) is 0 Å². The first kappa shape index (κ1) is 22.4. The van der Waals surface area contributed by atoms with E-state index in [1.54, 1.807) is 11.3 Å². The summed E-state index contributed by atoms with van der Waals surface area (Å²) in [4.78, 5) is 23.7. The fourth-order valence-corrected chi connectivity index (χ4v) is 3.80. The Kier molecular flexibility index (Phi) is 8.51. The molecule has 1 aromatic heterocycles. The molecule has 0 aliphatic heterocycles. The van der Waals surface area contributed by atoms with Crippen molar-refractivity contribution in [2.75, 3.05) is 5.32 Å². The molecule has 28 heavy (non-hydrogen) atoms. The lowest BCUT2D eigenvalue weighted by atomic mass is 9.89. The molecule has 2 aliphatic rings. The summed E-state index contributed by atoms with van der Waals surface area (Å²) in [6, 6.07) is 1.96. The molecule has 1 fully saturated rings. The molecule has 0 unspecified atom stereocenters. The monoisotopic (exact) mass is 399 g/mol. The number of carbonyl (C=O) groups is 2. The van der Waals surface area contributed by atoms with Gasteiger partial charge in [-0.3, -0.25) is 9.59 Å². The maximum Gasteiger partial charge on any atom is 0.227 e. The van der Waals surface area contributed by atoms with Gasteiger partial charge in [0.25, 0.3) is 0 Å². The zero-order valence-corrected chi connectivity index (χ0v) is 18.5. The first-order valence-corrected chi connectivity index (χ1v) is 11.2. The van der Waals surface area contributed by atoms with Gasteiger partial charge in [-0.05, 0) is 65.9 Å². The molecule has 1 N–H and O–H groups in total. The number of ketones is 1. The fourth-order valence-electron chi connectivity index (χ4n) is 3.11. The van der Waals surface area contributed by atoms with E-state index in [9.17, 15) is 9.59 Å². The van der Waals surface area contributed by atoms with Crippen LogP contribution < -0.4 is 5.32 Å². The highest BCUT2D eigenvalue weighted by atomic mass is 32.1. The first-order chi connectivity index (χ1) is 13.2. The number of amides is 1. The minimum Gasteiger partial charge on any atom is -0.325 e. The lowest BCUT2D eigenvalue weighted by Gasteiger charge is -2.19. The quantitative estimate of drug-likeness (QED) is 0.465. The Morgan fingerprint density at radius 3 is 2.43 bits per heavy atom. The van der Waals surface area contributed by atoms with Crippen molar-refractivity contribution < 1.29 is 9.59 Å². The van der Waals surface area contributed by atoms with Gasteiger partial charge in [0.2, 0.25) is 5.91 Å². The molecule has 1 saturated carbocycles. The van der Waals surface area contributed by atoms with Gasteiger partial charge in [0, 0.05) is 29.6 Å². The van der Waals surface area contributed by atoms with Crippen LogP contribution >= 0.6 is 11.3 Å². The molecule has 0 aromatic carbocycles. The summed E-state index contributed by atoms with van der Waals surface area (Å²) in [6.07, 6.45) is 10.3. The summed E-state index contributed by atoms with van der Waals surface area (Å²) >= 11 is 1.58. The van der Waals surface area contributed by atoms with Crippen LogP contribution in [0.1, 0.15) is 83.9 Å². The Labute approximate surface area is 174 Å². The van der Waals surface area contributed by atoms with E-state index < -0.39 is 0 Å². The van der Waals surface area contributed by atoms with E-state index in [0.717, 1.165) is 55.5 Å². The third-order valence-electron chi connectivity index (χ3n) is 4.85. The van der Waals surface area contributed by atoms with Gasteiger partial charge in [-0.1, -0.05) is 29.9 Å². The number of hydrogen-bond donors (Lipinski definition) is 1. The summed E-state index contributed by atoms with van der Waals surface area (Å²) < 4.78 is 0. The highest BCUT2D eigenvalue weighted by Crippen LogP contribution is 2.26. The van der Waals surface area contributed by atoms with Crippen molar-refractivity contribution in [1.82, 2.24) is 0 Å². The Hall–Kier alpha value is -1.86. The average Bonchev–Trinajstić information content (AvgIpc) is 3.09. The summed E-state index contributed by atoms with van der Waals surface area (Å²) in [5.74, 6) is 7.09. The zero-order valence-electron chi connectivity index (χ0n) is 17.7. The first-order valence-electron chi connectivity index (χ1n) is 10.3. The largest absolute Gasteiger partial charge is 0.325 e. The predicted octanol–water partition coefficient (Wildman–Crippen LogP) is 6.35. The van der Waals surface area contributed by atoms with E-state index >= 15 is 0 Å². The van der Waals surface area contributed by atoms with E-state index in [1.165, 1.54) is 12.0 Å². The Morgan fingerprint density at radius 2 is 1.89 bits per heavy atom. The van der Waals surface area contributed by atoms with Crippen molar-refractivity contribution in [3.8, 4) is 11.8 Å². The molecule has 1 heterocycles. The van der Waals surface area contributed by atoms with E-state index in [0.29, 0.717) is 5.78 Å². The van der Waals surface area contributed by atoms with Gasteiger partial charge in [0.1, 0.15) is 5.78 Å². The standard InChI is InChI=1S/C18H23NOS.C6H10O/c1-13-5-7-14(8-6-13)17(20)19-15-11-16(21-12-15)9-10-18(2,3)4;7-6-4-2-1-3-5-6/h5,11-12,14H,6-8H2,1-4H3,(H,19,20);1-5H2/t14-;/m0./s1. The van der Waals surface area contributed by atoms with Crippen LogP contribution in [0.25, 0.3) is 0 Å². The van der Waals surface area contributed by atoms with Crippen LogP contribution in [0, 0.1) is 23.2 Å². The second-order valence-electron chi connectivity index (χ2n) is 8.81. The summed E-state index contributed by atoms with van der Waals surface area (Å²) in [5, 5.41) is 4.99. The number of rotatable bonds is 2. The van der Waals surface area contributed by atoms with E-state index in [2.05, 4.69) is 50.9 Å². The third-order valence-corrected chi connectivity index (χ3v) is 5.69. The molecule has 0 spiro atoms. The topological polar surface area (TPSA) is 46.2 Å². The Morgan fingerprint density at radius 1 is 1.18 bits per heavy atom. The fraction of sp³-hybridized carbons (Fsp3) is 0.583. The van der Waals surface area contributed by atoms with Gasteiger partial charge in [0.05, 0.1) is 10.6 Å². The van der Waals surface area contributed by atoms with E-state index in [-0.39, 0.29) is 17.2 Å². The van der Waals surface area contributed by atoms with Gasteiger partial charge in [-0.2, -0.15) is 0 Å². The molecule has 3 rings (SSSR count). The zero-order chi connectivity index (χ0) is 20.6. The number of hydrogen-bond acceptors (Lipinski definition) is 3. The number of thiophene rings is 1. The Bertz CT molecular complexity index is 763. The van der Waals surface area contributed by atoms with Crippen molar-refractivity contribution in [3.63, 3.8) is 0 Å². The van der Waals surface area contributed by atoms with Gasteiger partial charge in [-0.15, -0.1) is 11.3 Å². The highest BCUT2D eigenvalue weighted by Gasteiger charge is 2.20. The van der Waals surface area contributed by atoms with Gasteiger partial charge in [0.15, 0.2) is 0 Å². The SMILES string of the molecule is CC1=CC[C@H](C(=O)Nc2csc(C#CC(C)(C)C)c2)CC1.O=C1CCCCC1. The normalized spacial score (nSPS) is 19.5. The molecular weight excluding hydrogens is 366 g/mol. The molecule has 0 bridgehead atoms. The van der Waals surface area contributed by atoms with Gasteiger partial charge < -0.3 is 5.32 Å².